The van der Waals surface area contributed by atoms with Gasteiger partial charge < -0.3 is 21.1 Å². The van der Waals surface area contributed by atoms with Crippen LogP contribution >= 0.6 is 23.2 Å². The molecule has 0 unspecified atom stereocenters. The fourth-order valence-corrected chi connectivity index (χ4v) is 7.02. The van der Waals surface area contributed by atoms with Gasteiger partial charge in [-0.25, -0.2) is 4.39 Å². The lowest BCUT2D eigenvalue weighted by atomic mass is 9.62. The Labute approximate surface area is 232 Å². The zero-order valence-corrected chi connectivity index (χ0v) is 23.3. The van der Waals surface area contributed by atoms with E-state index in [-0.39, 0.29) is 40.0 Å². The summed E-state index contributed by atoms with van der Waals surface area (Å²) in [6.45, 7) is 6.23. The summed E-state index contributed by atoms with van der Waals surface area (Å²) < 4.78 is 15.8. The second kappa shape index (κ2) is 10.1. The third-order valence-electron chi connectivity index (χ3n) is 8.26. The van der Waals surface area contributed by atoms with Gasteiger partial charge >= 0.3 is 0 Å². The summed E-state index contributed by atoms with van der Waals surface area (Å²) in [5.74, 6) is -2.09. The summed E-state index contributed by atoms with van der Waals surface area (Å²) in [5, 5.41) is 19.9. The van der Waals surface area contributed by atoms with E-state index in [4.69, 9.17) is 23.2 Å². The average Bonchev–Trinajstić information content (AvgIpc) is 3.31. The maximum Gasteiger partial charge on any atom is 0.238 e. The van der Waals surface area contributed by atoms with Gasteiger partial charge in [0, 0.05) is 28.7 Å². The van der Waals surface area contributed by atoms with E-state index in [0.29, 0.717) is 48.4 Å². The van der Waals surface area contributed by atoms with Gasteiger partial charge in [-0.1, -0.05) is 62.2 Å². The summed E-state index contributed by atoms with van der Waals surface area (Å²) in [6.07, 6.45) is 2.75. The van der Waals surface area contributed by atoms with Crippen molar-refractivity contribution in [1.29, 1.82) is 0 Å². The Balaban J connectivity index is 1.67. The van der Waals surface area contributed by atoms with Gasteiger partial charge in [-0.05, 0) is 66.8 Å². The Kier molecular flexibility index (Phi) is 7.27. The van der Waals surface area contributed by atoms with E-state index in [1.54, 1.807) is 24.3 Å². The van der Waals surface area contributed by atoms with Crippen molar-refractivity contribution < 1.29 is 19.1 Å². The Morgan fingerprint density at radius 3 is 2.55 bits per heavy atom. The number of fused-ring (bicyclic) bond motifs is 2. The number of hydrogen-bond donors (Lipinski definition) is 4. The second-order valence-electron chi connectivity index (χ2n) is 12.1. The number of carbonyl (C=O) groups excluding carboxylic acids is 2. The number of aliphatic hydroxyl groups is 1. The molecule has 4 N–H and O–H groups in total. The standard InChI is InChI=1S/C29H34Cl2FN3O3/c1-28(2,3)14-22-29(19-12-7-15(30)13-21(19)34-27(29)38)23(18-5-4-6-20(31)24(18)32)25(35-22)26(37)33-16-8-10-17(36)11-9-16/h4-7,12-13,16-17,22-23,25,35-36H,8-11,14H2,1-3H3,(H,33,37)(H,34,38)/t16?,17?,22-,23-,25-,29-/m0/s1. The van der Waals surface area contributed by atoms with E-state index in [0.717, 1.165) is 0 Å². The van der Waals surface area contributed by atoms with Crippen molar-refractivity contribution in [2.45, 2.75) is 88.4 Å². The molecule has 6 nitrogen and oxygen atoms in total. The number of benzene rings is 2. The fourth-order valence-electron chi connectivity index (χ4n) is 6.66. The Morgan fingerprint density at radius 2 is 1.87 bits per heavy atom. The molecule has 4 atom stereocenters. The number of hydrogen-bond acceptors (Lipinski definition) is 4. The van der Waals surface area contributed by atoms with E-state index >= 15 is 4.39 Å². The highest BCUT2D eigenvalue weighted by Gasteiger charge is 2.66. The first-order valence-electron chi connectivity index (χ1n) is 13.2. The van der Waals surface area contributed by atoms with Crippen LogP contribution in [0, 0.1) is 11.2 Å². The molecule has 1 aliphatic carbocycles. The number of anilines is 1. The molecule has 0 bridgehead atoms. The maximum atomic E-state index is 15.8. The number of rotatable bonds is 4. The van der Waals surface area contributed by atoms with Crippen LogP contribution in [0.5, 0.6) is 0 Å². The maximum absolute atomic E-state index is 15.8. The van der Waals surface area contributed by atoms with Gasteiger partial charge in [0.1, 0.15) is 11.2 Å². The molecule has 2 heterocycles. The molecular weight excluding hydrogens is 528 g/mol. The van der Waals surface area contributed by atoms with Crippen molar-refractivity contribution in [3.05, 3.63) is 63.4 Å². The number of amides is 2. The molecule has 38 heavy (non-hydrogen) atoms. The van der Waals surface area contributed by atoms with Crippen molar-refractivity contribution in [3.63, 3.8) is 0 Å². The molecule has 2 amide bonds. The average molecular weight is 563 g/mol. The van der Waals surface area contributed by atoms with E-state index in [1.165, 1.54) is 6.07 Å². The van der Waals surface area contributed by atoms with Crippen molar-refractivity contribution in [2.24, 2.45) is 5.41 Å². The topological polar surface area (TPSA) is 90.5 Å². The van der Waals surface area contributed by atoms with Crippen LogP contribution in [-0.4, -0.2) is 41.2 Å². The molecule has 3 aliphatic rings. The Hall–Kier alpha value is -2.19. The van der Waals surface area contributed by atoms with Crippen molar-refractivity contribution >= 4 is 40.7 Å². The van der Waals surface area contributed by atoms with Crippen molar-refractivity contribution in [2.75, 3.05) is 5.32 Å². The van der Waals surface area contributed by atoms with E-state index < -0.39 is 29.2 Å². The number of halogens is 3. The van der Waals surface area contributed by atoms with Gasteiger partial charge in [-0.2, -0.15) is 0 Å². The molecular formula is C29H34Cl2FN3O3. The van der Waals surface area contributed by atoms with Crippen LogP contribution in [-0.2, 0) is 15.0 Å². The molecule has 204 valence electrons. The predicted molar refractivity (Wildman–Crippen MR) is 147 cm³/mol. The lowest BCUT2D eigenvalue weighted by molar-refractivity contribution is -0.124. The first kappa shape index (κ1) is 27.4. The zero-order valence-electron chi connectivity index (χ0n) is 21.8. The SMILES string of the molecule is CC(C)(C)C[C@@H]1N[C@H](C(=O)NC2CCC(O)CC2)[C@H](c2cccc(Cl)c2F)[C@@]12C(=O)Nc1cc(Cl)ccc12. The van der Waals surface area contributed by atoms with Gasteiger partial charge in [0.2, 0.25) is 11.8 Å². The van der Waals surface area contributed by atoms with Gasteiger partial charge in [0.15, 0.2) is 0 Å². The van der Waals surface area contributed by atoms with Crippen molar-refractivity contribution in [3.8, 4) is 0 Å². The van der Waals surface area contributed by atoms with Gasteiger partial charge in [-0.3, -0.25) is 9.59 Å². The number of carbonyl (C=O) groups is 2. The van der Waals surface area contributed by atoms with Crippen LogP contribution in [0.4, 0.5) is 10.1 Å². The Morgan fingerprint density at radius 1 is 1.16 bits per heavy atom. The normalized spacial score (nSPS) is 30.8. The monoisotopic (exact) mass is 561 g/mol. The summed E-state index contributed by atoms with van der Waals surface area (Å²) in [4.78, 5) is 28.1. The highest BCUT2D eigenvalue weighted by molar-refractivity contribution is 6.31. The third kappa shape index (κ3) is 4.72. The van der Waals surface area contributed by atoms with Crippen LogP contribution in [0.15, 0.2) is 36.4 Å². The summed E-state index contributed by atoms with van der Waals surface area (Å²) in [5.41, 5.74) is -0.00278. The molecule has 2 fully saturated rings. The van der Waals surface area contributed by atoms with Crippen LogP contribution < -0.4 is 16.0 Å². The zero-order chi connectivity index (χ0) is 27.4. The molecule has 1 saturated heterocycles. The lowest BCUT2D eigenvalue weighted by Crippen LogP contribution is -2.50. The number of nitrogens with one attached hydrogen (secondary N) is 3. The highest BCUT2D eigenvalue weighted by Crippen LogP contribution is 2.57. The van der Waals surface area contributed by atoms with E-state index in [2.05, 4.69) is 36.7 Å². The largest absolute Gasteiger partial charge is 0.393 e. The van der Waals surface area contributed by atoms with Crippen LogP contribution in [0.1, 0.15) is 69.9 Å². The van der Waals surface area contributed by atoms with E-state index in [9.17, 15) is 14.7 Å². The smallest absolute Gasteiger partial charge is 0.238 e. The summed E-state index contributed by atoms with van der Waals surface area (Å²) in [7, 11) is 0. The van der Waals surface area contributed by atoms with E-state index in [1.807, 2.05) is 6.07 Å². The van der Waals surface area contributed by atoms with Gasteiger partial charge in [0.25, 0.3) is 0 Å². The molecule has 0 aromatic heterocycles. The minimum Gasteiger partial charge on any atom is -0.393 e. The first-order valence-corrected chi connectivity index (χ1v) is 14.0. The molecule has 2 aliphatic heterocycles. The Bertz CT molecular complexity index is 1260. The quantitative estimate of drug-likeness (QED) is 0.407. The summed E-state index contributed by atoms with van der Waals surface area (Å²) >= 11 is 12.5. The first-order chi connectivity index (χ1) is 17.9. The molecule has 9 heteroatoms. The molecule has 0 radical (unpaired) electrons. The lowest BCUT2D eigenvalue weighted by Gasteiger charge is -2.38. The molecule has 5 rings (SSSR count). The van der Waals surface area contributed by atoms with Crippen molar-refractivity contribution in [1.82, 2.24) is 10.6 Å². The van der Waals surface area contributed by atoms with Crippen LogP contribution in [0.25, 0.3) is 0 Å². The third-order valence-corrected chi connectivity index (χ3v) is 8.79. The molecule has 1 spiro atoms. The minimum atomic E-state index is -1.27. The minimum absolute atomic E-state index is 0.0629. The fraction of sp³-hybridized carbons (Fsp3) is 0.517. The predicted octanol–water partition coefficient (Wildman–Crippen LogP) is 5.30. The highest BCUT2D eigenvalue weighted by atomic mass is 35.5. The van der Waals surface area contributed by atoms with Crippen LogP contribution in [0.2, 0.25) is 10.0 Å². The summed E-state index contributed by atoms with van der Waals surface area (Å²) in [6, 6.07) is 8.50. The number of aliphatic hydroxyl groups excluding tert-OH is 1. The molecule has 1 saturated carbocycles. The molecule has 2 aromatic rings. The van der Waals surface area contributed by atoms with Gasteiger partial charge in [-0.15, -0.1) is 0 Å². The second-order valence-corrected chi connectivity index (χ2v) is 13.0. The molecule has 2 aromatic carbocycles. The van der Waals surface area contributed by atoms with Crippen LogP contribution in [0.3, 0.4) is 0 Å². The van der Waals surface area contributed by atoms with Gasteiger partial charge in [0.05, 0.1) is 17.2 Å².